The first-order valence-electron chi connectivity index (χ1n) is 7.63. The Morgan fingerprint density at radius 1 is 1.30 bits per heavy atom. The lowest BCUT2D eigenvalue weighted by Gasteiger charge is -2.11. The largest absolute Gasteiger partial charge is 0.505 e. The Morgan fingerprint density at radius 2 is 2.07 bits per heavy atom. The molecule has 3 rings (SSSR count). The second-order valence-corrected chi connectivity index (χ2v) is 6.25. The van der Waals surface area contributed by atoms with Gasteiger partial charge in [0, 0.05) is 13.2 Å². The number of amides is 1. The number of hydrogen-bond acceptors (Lipinski definition) is 9. The predicted octanol–water partition coefficient (Wildman–Crippen LogP) is 1.20. The number of nitrogens with one attached hydrogen (secondary N) is 1. The quantitative estimate of drug-likeness (QED) is 0.643. The second-order valence-electron chi connectivity index (χ2n) is 5.19. The van der Waals surface area contributed by atoms with Crippen LogP contribution in [-0.4, -0.2) is 45.2 Å². The molecule has 0 bridgehead atoms. The smallest absolute Gasteiger partial charge is 0.281 e. The summed E-state index contributed by atoms with van der Waals surface area (Å²) in [6, 6.07) is 7.58. The van der Waals surface area contributed by atoms with Crippen LogP contribution in [-0.2, 0) is 11.3 Å². The van der Waals surface area contributed by atoms with Crippen molar-refractivity contribution in [1.82, 2.24) is 20.0 Å². The summed E-state index contributed by atoms with van der Waals surface area (Å²) in [5, 5.41) is 24.9. The van der Waals surface area contributed by atoms with E-state index in [2.05, 4.69) is 20.6 Å². The van der Waals surface area contributed by atoms with Gasteiger partial charge in [-0.1, -0.05) is 23.5 Å². The van der Waals surface area contributed by atoms with Crippen LogP contribution in [0.1, 0.15) is 15.5 Å². The van der Waals surface area contributed by atoms with E-state index in [1.165, 1.54) is 14.2 Å². The molecule has 0 aliphatic rings. The van der Waals surface area contributed by atoms with Crippen LogP contribution in [0.15, 0.2) is 35.1 Å². The fourth-order valence-electron chi connectivity index (χ4n) is 2.23. The third-order valence-corrected chi connectivity index (χ3v) is 4.21. The summed E-state index contributed by atoms with van der Waals surface area (Å²) in [7, 11) is 2.97. The van der Waals surface area contributed by atoms with Crippen LogP contribution in [0.4, 0.5) is 5.13 Å². The summed E-state index contributed by atoms with van der Waals surface area (Å²) >= 11 is 1.12. The molecule has 2 N–H and O–H groups in total. The number of para-hydroxylation sites is 2. The number of methoxy groups -OCH3 is 2. The van der Waals surface area contributed by atoms with Gasteiger partial charge in [-0.2, -0.15) is 9.78 Å². The highest BCUT2D eigenvalue weighted by Gasteiger charge is 2.19. The molecule has 0 spiro atoms. The number of nitrogens with zero attached hydrogens (tertiary/aromatic N) is 4. The molecule has 1 aromatic carbocycles. The summed E-state index contributed by atoms with van der Waals surface area (Å²) in [5.41, 5.74) is -0.631. The SMILES string of the molecule is COCc1nnc(NC(=O)c2nn(-c3ccccc3OC)c(=O)cc2O)s1. The van der Waals surface area contributed by atoms with Gasteiger partial charge >= 0.3 is 0 Å². The monoisotopic (exact) mass is 389 g/mol. The Balaban J connectivity index is 1.95. The van der Waals surface area contributed by atoms with Gasteiger partial charge in [-0.15, -0.1) is 10.2 Å². The van der Waals surface area contributed by atoms with Crippen molar-refractivity contribution in [2.75, 3.05) is 19.5 Å². The molecule has 0 aliphatic carbocycles. The van der Waals surface area contributed by atoms with Gasteiger partial charge in [0.15, 0.2) is 11.4 Å². The van der Waals surface area contributed by atoms with Crippen LogP contribution in [0.2, 0.25) is 0 Å². The van der Waals surface area contributed by atoms with E-state index in [0.29, 0.717) is 16.4 Å². The summed E-state index contributed by atoms with van der Waals surface area (Å²) in [6.45, 7) is 0.260. The number of benzene rings is 1. The molecule has 0 saturated heterocycles. The molecule has 0 aliphatic heterocycles. The molecule has 10 nitrogen and oxygen atoms in total. The molecule has 0 unspecified atom stereocenters. The average molecular weight is 389 g/mol. The molecule has 0 atom stereocenters. The third kappa shape index (κ3) is 3.93. The Morgan fingerprint density at radius 3 is 2.81 bits per heavy atom. The van der Waals surface area contributed by atoms with Crippen LogP contribution < -0.4 is 15.6 Å². The topological polar surface area (TPSA) is 128 Å². The van der Waals surface area contributed by atoms with Crippen molar-refractivity contribution in [2.45, 2.75) is 6.61 Å². The van der Waals surface area contributed by atoms with E-state index < -0.39 is 17.2 Å². The molecule has 1 amide bonds. The predicted molar refractivity (Wildman–Crippen MR) is 96.6 cm³/mol. The highest BCUT2D eigenvalue weighted by Crippen LogP contribution is 2.22. The van der Waals surface area contributed by atoms with Gasteiger partial charge in [0.2, 0.25) is 5.13 Å². The van der Waals surface area contributed by atoms with Crippen LogP contribution >= 0.6 is 11.3 Å². The van der Waals surface area contributed by atoms with Gasteiger partial charge in [0.05, 0.1) is 7.11 Å². The van der Waals surface area contributed by atoms with E-state index in [0.717, 1.165) is 22.1 Å². The van der Waals surface area contributed by atoms with Gasteiger partial charge in [0.1, 0.15) is 23.1 Å². The molecule has 0 fully saturated rings. The van der Waals surface area contributed by atoms with Gasteiger partial charge in [-0.3, -0.25) is 14.9 Å². The van der Waals surface area contributed by atoms with Crippen molar-refractivity contribution in [3.8, 4) is 17.2 Å². The average Bonchev–Trinajstić information content (AvgIpc) is 3.09. The van der Waals surface area contributed by atoms with Crippen molar-refractivity contribution in [3.63, 3.8) is 0 Å². The minimum absolute atomic E-state index is 0.211. The fourth-order valence-corrected chi connectivity index (χ4v) is 2.94. The maximum Gasteiger partial charge on any atom is 0.281 e. The maximum atomic E-state index is 12.5. The Bertz CT molecular complexity index is 1030. The summed E-state index contributed by atoms with van der Waals surface area (Å²) < 4.78 is 11.1. The maximum absolute atomic E-state index is 12.5. The van der Waals surface area contributed by atoms with Gasteiger partial charge in [0.25, 0.3) is 11.5 Å². The lowest BCUT2D eigenvalue weighted by atomic mass is 10.3. The number of hydrogen-bond donors (Lipinski definition) is 2. The molecular weight excluding hydrogens is 374 g/mol. The molecule has 2 aromatic heterocycles. The zero-order chi connectivity index (χ0) is 19.4. The van der Waals surface area contributed by atoms with E-state index in [9.17, 15) is 14.7 Å². The number of carbonyl (C=O) groups is 1. The van der Waals surface area contributed by atoms with Crippen LogP contribution in [0.3, 0.4) is 0 Å². The van der Waals surface area contributed by atoms with Crippen molar-refractivity contribution in [3.05, 3.63) is 51.4 Å². The lowest BCUT2D eigenvalue weighted by molar-refractivity contribution is 0.101. The molecule has 11 heteroatoms. The van der Waals surface area contributed by atoms with Gasteiger partial charge in [-0.05, 0) is 12.1 Å². The summed E-state index contributed by atoms with van der Waals surface area (Å²) in [5.74, 6) is -0.904. The Kier molecular flexibility index (Phi) is 5.43. The van der Waals surface area contributed by atoms with Crippen LogP contribution in [0, 0.1) is 0 Å². The first-order chi connectivity index (χ1) is 13.0. The highest BCUT2D eigenvalue weighted by molar-refractivity contribution is 7.15. The number of carbonyl (C=O) groups excluding carboxylic acids is 1. The molecular formula is C16H15N5O5S. The van der Waals surface area contributed by atoms with Crippen molar-refractivity contribution in [2.24, 2.45) is 0 Å². The van der Waals surface area contributed by atoms with E-state index >= 15 is 0 Å². The zero-order valence-corrected chi connectivity index (χ0v) is 15.2. The number of aromatic nitrogens is 4. The number of rotatable bonds is 6. The fraction of sp³-hybridized carbons (Fsp3) is 0.188. The molecule has 2 heterocycles. The van der Waals surface area contributed by atoms with Gasteiger partial charge in [-0.25, -0.2) is 0 Å². The molecule has 0 radical (unpaired) electrons. The zero-order valence-electron chi connectivity index (χ0n) is 14.4. The van der Waals surface area contributed by atoms with Crippen molar-refractivity contribution < 1.29 is 19.4 Å². The normalized spacial score (nSPS) is 10.6. The molecule has 140 valence electrons. The van der Waals surface area contributed by atoms with E-state index in [-0.39, 0.29) is 17.4 Å². The number of anilines is 1. The van der Waals surface area contributed by atoms with E-state index in [4.69, 9.17) is 9.47 Å². The summed E-state index contributed by atoms with van der Waals surface area (Å²) in [6.07, 6.45) is 0. The van der Waals surface area contributed by atoms with Crippen molar-refractivity contribution >= 4 is 22.4 Å². The number of ether oxygens (including phenoxy) is 2. The second kappa shape index (κ2) is 7.93. The summed E-state index contributed by atoms with van der Waals surface area (Å²) in [4.78, 5) is 24.7. The van der Waals surface area contributed by atoms with Gasteiger partial charge < -0.3 is 14.6 Å². The van der Waals surface area contributed by atoms with Crippen molar-refractivity contribution in [1.29, 1.82) is 0 Å². The molecule has 3 aromatic rings. The molecule has 0 saturated carbocycles. The minimum atomic E-state index is -0.740. The standard InChI is InChI=1S/C16H15N5O5S/c1-25-8-12-18-19-16(27-12)17-15(24)14-10(22)7-13(23)21(20-14)9-5-3-4-6-11(9)26-2/h3-7,22H,8H2,1-2H3,(H,17,19,24). The Labute approximate surface area is 157 Å². The molecule has 27 heavy (non-hydrogen) atoms. The van der Waals surface area contributed by atoms with E-state index in [1.807, 2.05) is 0 Å². The minimum Gasteiger partial charge on any atom is -0.505 e. The lowest BCUT2D eigenvalue weighted by Crippen LogP contribution is -2.25. The van der Waals surface area contributed by atoms with E-state index in [1.54, 1.807) is 24.3 Å². The third-order valence-electron chi connectivity index (χ3n) is 3.40. The first-order valence-corrected chi connectivity index (χ1v) is 8.44. The highest BCUT2D eigenvalue weighted by atomic mass is 32.1. The van der Waals surface area contributed by atoms with Crippen LogP contribution in [0.25, 0.3) is 5.69 Å². The first kappa shape index (κ1) is 18.5. The van der Waals surface area contributed by atoms with Crippen LogP contribution in [0.5, 0.6) is 11.5 Å². The number of aromatic hydroxyl groups is 1. The Hall–Kier alpha value is -3.31.